The number of hydrogen-bond donors (Lipinski definition) is 1. The summed E-state index contributed by atoms with van der Waals surface area (Å²) in [5.74, 6) is 1.91. The van der Waals surface area contributed by atoms with E-state index in [1.807, 2.05) is 24.4 Å². The van der Waals surface area contributed by atoms with Gasteiger partial charge in [-0.2, -0.15) is 0 Å². The Kier molecular flexibility index (Phi) is 9.33. The summed E-state index contributed by atoms with van der Waals surface area (Å²) in [6.07, 6.45) is 4.63. The van der Waals surface area contributed by atoms with Crippen LogP contribution in [0.1, 0.15) is 12.5 Å². The maximum atomic E-state index is 5.35. The van der Waals surface area contributed by atoms with E-state index in [9.17, 15) is 0 Å². The highest BCUT2D eigenvalue weighted by atomic mass is 127. The number of piperazine rings is 1. The molecule has 0 radical (unpaired) electrons. The van der Waals surface area contributed by atoms with Gasteiger partial charge in [0.05, 0.1) is 7.11 Å². The smallest absolute Gasteiger partial charge is 0.194 e. The number of hydrogen-bond acceptors (Lipinski definition) is 4. The molecule has 7 heteroatoms. The Hall–Kier alpha value is -2.03. The molecule has 0 aliphatic carbocycles. The van der Waals surface area contributed by atoms with Crippen molar-refractivity contribution in [3.05, 3.63) is 54.4 Å². The molecule has 1 aromatic carbocycles. The van der Waals surface area contributed by atoms with Gasteiger partial charge in [-0.1, -0.05) is 12.1 Å². The number of nitrogens with zero attached hydrogens (tertiary/aromatic N) is 4. The SMILES string of the molecule is CCNC(=NCCc1cccnc1)N1CCN(c2cccc(OC)c2)CC1.I. The fourth-order valence-corrected chi connectivity index (χ4v) is 3.25. The standard InChI is InChI=1S/C21H29N5O.HI/c1-3-23-21(24-11-9-18-6-5-10-22-17-18)26-14-12-25(13-15-26)19-7-4-8-20(16-19)27-2;/h4-8,10,16-17H,3,9,11-15H2,1-2H3,(H,23,24);1H. The second kappa shape index (κ2) is 11.7. The van der Waals surface area contributed by atoms with Gasteiger partial charge < -0.3 is 19.9 Å². The molecule has 0 atom stereocenters. The van der Waals surface area contributed by atoms with Crippen molar-refractivity contribution >= 4 is 35.6 Å². The van der Waals surface area contributed by atoms with Gasteiger partial charge in [-0.15, -0.1) is 24.0 Å². The Morgan fingerprint density at radius 1 is 1.18 bits per heavy atom. The van der Waals surface area contributed by atoms with Crippen LogP contribution in [0.4, 0.5) is 5.69 Å². The monoisotopic (exact) mass is 495 g/mol. The third kappa shape index (κ3) is 6.25. The summed E-state index contributed by atoms with van der Waals surface area (Å²) >= 11 is 0. The van der Waals surface area contributed by atoms with E-state index in [1.165, 1.54) is 11.3 Å². The first-order valence-electron chi connectivity index (χ1n) is 9.61. The summed E-state index contributed by atoms with van der Waals surface area (Å²) in [7, 11) is 1.71. The van der Waals surface area contributed by atoms with Gasteiger partial charge in [-0.3, -0.25) is 9.98 Å². The topological polar surface area (TPSA) is 53.0 Å². The molecule has 28 heavy (non-hydrogen) atoms. The van der Waals surface area contributed by atoms with Gasteiger partial charge in [0, 0.05) is 63.4 Å². The Morgan fingerprint density at radius 2 is 2.00 bits per heavy atom. The maximum Gasteiger partial charge on any atom is 0.194 e. The molecule has 6 nitrogen and oxygen atoms in total. The van der Waals surface area contributed by atoms with E-state index in [0.29, 0.717) is 0 Å². The summed E-state index contributed by atoms with van der Waals surface area (Å²) in [4.78, 5) is 13.7. The molecule has 152 valence electrons. The van der Waals surface area contributed by atoms with Crippen molar-refractivity contribution in [2.75, 3.05) is 51.3 Å². The third-order valence-electron chi connectivity index (χ3n) is 4.72. The minimum Gasteiger partial charge on any atom is -0.497 e. The number of ether oxygens (including phenoxy) is 1. The lowest BCUT2D eigenvalue weighted by atomic mass is 10.2. The van der Waals surface area contributed by atoms with Crippen LogP contribution in [0.5, 0.6) is 5.75 Å². The van der Waals surface area contributed by atoms with E-state index in [-0.39, 0.29) is 24.0 Å². The second-order valence-electron chi connectivity index (χ2n) is 6.52. The van der Waals surface area contributed by atoms with Gasteiger partial charge in [0.15, 0.2) is 5.96 Å². The molecule has 0 bridgehead atoms. The lowest BCUT2D eigenvalue weighted by molar-refractivity contribution is 0.372. The van der Waals surface area contributed by atoms with Crippen molar-refractivity contribution in [3.8, 4) is 5.75 Å². The Balaban J connectivity index is 0.00000280. The van der Waals surface area contributed by atoms with Crippen LogP contribution in [0, 0.1) is 0 Å². The van der Waals surface area contributed by atoms with Crippen molar-refractivity contribution in [2.24, 2.45) is 4.99 Å². The van der Waals surface area contributed by atoms with Gasteiger partial charge in [0.1, 0.15) is 5.75 Å². The van der Waals surface area contributed by atoms with Crippen LogP contribution >= 0.6 is 24.0 Å². The first kappa shape index (κ1) is 22.3. The van der Waals surface area contributed by atoms with E-state index in [2.05, 4.69) is 45.2 Å². The zero-order chi connectivity index (χ0) is 18.9. The zero-order valence-electron chi connectivity index (χ0n) is 16.7. The first-order valence-corrected chi connectivity index (χ1v) is 9.61. The van der Waals surface area contributed by atoms with Gasteiger partial charge >= 0.3 is 0 Å². The minimum atomic E-state index is 0. The van der Waals surface area contributed by atoms with Crippen LogP contribution in [0.3, 0.4) is 0 Å². The van der Waals surface area contributed by atoms with Gasteiger partial charge in [-0.25, -0.2) is 0 Å². The zero-order valence-corrected chi connectivity index (χ0v) is 19.0. The van der Waals surface area contributed by atoms with Crippen LogP contribution < -0.4 is 15.0 Å². The molecule has 1 aromatic heterocycles. The third-order valence-corrected chi connectivity index (χ3v) is 4.72. The predicted molar refractivity (Wildman–Crippen MR) is 126 cm³/mol. The molecule has 0 unspecified atom stereocenters. The molecule has 1 fully saturated rings. The number of anilines is 1. The van der Waals surface area contributed by atoms with Crippen LogP contribution in [-0.4, -0.2) is 62.2 Å². The highest BCUT2D eigenvalue weighted by Crippen LogP contribution is 2.22. The van der Waals surface area contributed by atoms with E-state index in [1.54, 1.807) is 13.3 Å². The van der Waals surface area contributed by atoms with Gasteiger partial charge in [-0.05, 0) is 37.1 Å². The molecule has 0 amide bonds. The number of rotatable bonds is 6. The van der Waals surface area contributed by atoms with E-state index >= 15 is 0 Å². The number of aliphatic imine (C=N–C) groups is 1. The molecule has 0 saturated carbocycles. The highest BCUT2D eigenvalue weighted by Gasteiger charge is 2.20. The minimum absolute atomic E-state index is 0. The molecule has 1 saturated heterocycles. The molecule has 1 aliphatic rings. The van der Waals surface area contributed by atoms with Gasteiger partial charge in [0.25, 0.3) is 0 Å². The molecule has 0 spiro atoms. The summed E-state index contributed by atoms with van der Waals surface area (Å²) in [5.41, 5.74) is 2.44. The molecular weight excluding hydrogens is 465 g/mol. The van der Waals surface area contributed by atoms with Crippen molar-refractivity contribution < 1.29 is 4.74 Å². The summed E-state index contributed by atoms with van der Waals surface area (Å²) in [5, 5.41) is 3.43. The number of aromatic nitrogens is 1. The molecular formula is C21H30IN5O. The largest absolute Gasteiger partial charge is 0.497 e. The van der Waals surface area contributed by atoms with Crippen molar-refractivity contribution in [3.63, 3.8) is 0 Å². The number of nitrogens with one attached hydrogen (secondary N) is 1. The van der Waals surface area contributed by atoms with Crippen LogP contribution in [0.15, 0.2) is 53.8 Å². The maximum absolute atomic E-state index is 5.35. The fourth-order valence-electron chi connectivity index (χ4n) is 3.25. The number of guanidine groups is 1. The lowest BCUT2D eigenvalue weighted by Crippen LogP contribution is -2.52. The van der Waals surface area contributed by atoms with Crippen LogP contribution in [-0.2, 0) is 6.42 Å². The average molecular weight is 495 g/mol. The lowest BCUT2D eigenvalue weighted by Gasteiger charge is -2.37. The summed E-state index contributed by atoms with van der Waals surface area (Å²) in [6.45, 7) is 7.61. The van der Waals surface area contributed by atoms with E-state index < -0.39 is 0 Å². The van der Waals surface area contributed by atoms with Gasteiger partial charge in [0.2, 0.25) is 0 Å². The second-order valence-corrected chi connectivity index (χ2v) is 6.52. The Morgan fingerprint density at radius 3 is 2.68 bits per heavy atom. The fraction of sp³-hybridized carbons (Fsp3) is 0.429. The van der Waals surface area contributed by atoms with Crippen LogP contribution in [0.25, 0.3) is 0 Å². The predicted octanol–water partition coefficient (Wildman–Crippen LogP) is 3.04. The number of methoxy groups -OCH3 is 1. The van der Waals surface area contributed by atoms with E-state index in [0.717, 1.165) is 57.4 Å². The van der Waals surface area contributed by atoms with Crippen molar-refractivity contribution in [2.45, 2.75) is 13.3 Å². The van der Waals surface area contributed by atoms with Crippen molar-refractivity contribution in [1.82, 2.24) is 15.2 Å². The number of benzene rings is 1. The van der Waals surface area contributed by atoms with Crippen LogP contribution in [0.2, 0.25) is 0 Å². The normalized spacial score (nSPS) is 14.4. The summed E-state index contributed by atoms with van der Waals surface area (Å²) in [6, 6.07) is 12.3. The molecule has 1 aliphatic heterocycles. The quantitative estimate of drug-likeness (QED) is 0.380. The number of pyridine rings is 1. The van der Waals surface area contributed by atoms with Crippen molar-refractivity contribution in [1.29, 1.82) is 0 Å². The first-order chi connectivity index (χ1) is 13.3. The Bertz CT molecular complexity index is 733. The molecule has 3 rings (SSSR count). The Labute approximate surface area is 185 Å². The summed E-state index contributed by atoms with van der Waals surface area (Å²) < 4.78 is 5.35. The molecule has 2 aromatic rings. The molecule has 1 N–H and O–H groups in total. The number of halogens is 1. The molecule has 2 heterocycles. The average Bonchev–Trinajstić information content (AvgIpc) is 2.74. The highest BCUT2D eigenvalue weighted by molar-refractivity contribution is 14.0. The van der Waals surface area contributed by atoms with E-state index in [4.69, 9.17) is 9.73 Å².